The van der Waals surface area contributed by atoms with Crippen molar-refractivity contribution in [1.82, 2.24) is 0 Å². The van der Waals surface area contributed by atoms with Crippen LogP contribution in [0.15, 0.2) is 91.0 Å². The van der Waals surface area contributed by atoms with E-state index in [2.05, 4.69) is 67.1 Å². The number of carbonyl (C=O) groups excluding carboxylic acids is 1. The Balaban J connectivity index is 1.81. The van der Waals surface area contributed by atoms with Gasteiger partial charge in [0, 0.05) is 23.0 Å². The number of ketones is 1. The Morgan fingerprint density at radius 1 is 0.821 bits per heavy atom. The molecule has 0 saturated heterocycles. The van der Waals surface area contributed by atoms with E-state index in [1.165, 1.54) is 16.8 Å². The number of benzene rings is 3. The predicted octanol–water partition coefficient (Wildman–Crippen LogP) is 5.05. The molecule has 2 heteroatoms. The van der Waals surface area contributed by atoms with E-state index >= 15 is 0 Å². The van der Waals surface area contributed by atoms with Crippen molar-refractivity contribution in [2.24, 2.45) is 11.8 Å². The lowest BCUT2D eigenvalue weighted by Crippen LogP contribution is -2.44. The van der Waals surface area contributed by atoms with Crippen LogP contribution in [0.3, 0.4) is 0 Å². The zero-order valence-electron chi connectivity index (χ0n) is 16.5. The fourth-order valence-electron chi connectivity index (χ4n) is 4.72. The van der Waals surface area contributed by atoms with Gasteiger partial charge in [-0.15, -0.1) is 0 Å². The van der Waals surface area contributed by atoms with Gasteiger partial charge in [0.1, 0.15) is 7.05 Å². The zero-order valence-corrected chi connectivity index (χ0v) is 16.5. The first-order valence-corrected chi connectivity index (χ1v) is 9.94. The number of carbonyl (C=O) groups is 1. The average Bonchev–Trinajstić information content (AvgIpc) is 2.75. The van der Waals surface area contributed by atoms with Gasteiger partial charge in [-0.1, -0.05) is 85.8 Å². The molecular weight excluding hydrogens is 342 g/mol. The van der Waals surface area contributed by atoms with Crippen LogP contribution in [0.4, 0.5) is 0 Å². The Morgan fingerprint density at radius 3 is 1.96 bits per heavy atom. The highest BCUT2D eigenvalue weighted by molar-refractivity contribution is 6.03. The number of rotatable bonds is 4. The molecule has 0 N–H and O–H groups in total. The second-order valence-corrected chi connectivity index (χ2v) is 7.69. The van der Waals surface area contributed by atoms with Crippen molar-refractivity contribution < 1.29 is 9.37 Å². The van der Waals surface area contributed by atoms with Crippen LogP contribution in [-0.2, 0) is 0 Å². The third-order valence-electron chi connectivity index (χ3n) is 5.93. The van der Waals surface area contributed by atoms with Crippen molar-refractivity contribution in [3.63, 3.8) is 0 Å². The Labute approximate surface area is 167 Å². The zero-order chi connectivity index (χ0) is 19.5. The van der Waals surface area contributed by atoms with Crippen molar-refractivity contribution in [1.29, 1.82) is 0 Å². The maximum atomic E-state index is 13.5. The van der Waals surface area contributed by atoms with Gasteiger partial charge in [-0.2, -0.15) is 0 Å². The van der Waals surface area contributed by atoms with E-state index in [4.69, 9.17) is 0 Å². The summed E-state index contributed by atoms with van der Waals surface area (Å²) in [6, 6.07) is 30.8. The minimum absolute atomic E-state index is 0.0720. The molecule has 4 rings (SSSR count). The Kier molecular flexibility index (Phi) is 5.21. The molecule has 0 unspecified atom stereocenters. The minimum Gasteiger partial charge on any atom is -0.294 e. The molecule has 3 atom stereocenters. The molecule has 0 bridgehead atoms. The summed E-state index contributed by atoms with van der Waals surface area (Å²) in [5, 5.41) is 0. The summed E-state index contributed by atoms with van der Waals surface area (Å²) >= 11 is 0. The average molecular weight is 368 g/mol. The van der Waals surface area contributed by atoms with Gasteiger partial charge >= 0.3 is 0 Å². The van der Waals surface area contributed by atoms with Crippen LogP contribution < -0.4 is 0 Å². The molecule has 0 fully saturated rings. The van der Waals surface area contributed by atoms with Crippen LogP contribution in [0.2, 0.25) is 0 Å². The number of hydrogen-bond acceptors (Lipinski definition) is 1. The summed E-state index contributed by atoms with van der Waals surface area (Å²) in [7, 11) is 2.12. The molecule has 1 heterocycles. The first-order chi connectivity index (χ1) is 13.7. The maximum absolute atomic E-state index is 13.5. The summed E-state index contributed by atoms with van der Waals surface area (Å²) in [5.41, 5.74) is 4.60. The minimum atomic E-state index is -0.0720. The van der Waals surface area contributed by atoms with Crippen LogP contribution in [0.25, 0.3) is 0 Å². The second kappa shape index (κ2) is 7.93. The molecule has 1 aliphatic heterocycles. The summed E-state index contributed by atoms with van der Waals surface area (Å²) < 4.78 is 2.28. The topological polar surface area (TPSA) is 20.1 Å². The largest absolute Gasteiger partial charge is 0.294 e. The molecular formula is C26H26NO+. The molecule has 2 nitrogen and oxygen atoms in total. The molecule has 1 aliphatic rings. The fraction of sp³-hybridized carbons (Fsp3) is 0.231. The Morgan fingerprint density at radius 2 is 1.36 bits per heavy atom. The van der Waals surface area contributed by atoms with E-state index < -0.39 is 0 Å². The second-order valence-electron chi connectivity index (χ2n) is 7.69. The van der Waals surface area contributed by atoms with Crippen molar-refractivity contribution in [2.75, 3.05) is 13.6 Å². The molecule has 140 valence electrons. The van der Waals surface area contributed by atoms with Crippen LogP contribution >= 0.6 is 0 Å². The highest BCUT2D eigenvalue weighted by Gasteiger charge is 2.44. The third-order valence-corrected chi connectivity index (χ3v) is 5.93. The molecule has 0 radical (unpaired) electrons. The van der Waals surface area contributed by atoms with Gasteiger partial charge in [-0.25, -0.2) is 4.58 Å². The molecule has 0 aliphatic carbocycles. The monoisotopic (exact) mass is 368 g/mol. The molecule has 3 aromatic carbocycles. The lowest BCUT2D eigenvalue weighted by atomic mass is 9.69. The number of nitrogens with zero attached hydrogens (tertiary/aromatic N) is 1. The van der Waals surface area contributed by atoms with Gasteiger partial charge in [-0.3, -0.25) is 4.79 Å². The van der Waals surface area contributed by atoms with E-state index in [0.29, 0.717) is 0 Å². The number of hydrogen-bond donors (Lipinski definition) is 0. The molecule has 0 spiro atoms. The van der Waals surface area contributed by atoms with Crippen molar-refractivity contribution in [3.8, 4) is 0 Å². The summed E-state index contributed by atoms with van der Waals surface area (Å²) in [5.74, 6) is 0.555. The first-order valence-electron chi connectivity index (χ1n) is 9.94. The Hall–Kier alpha value is -3.00. The maximum Gasteiger partial charge on any atom is 0.186 e. The van der Waals surface area contributed by atoms with Crippen molar-refractivity contribution in [3.05, 3.63) is 108 Å². The van der Waals surface area contributed by atoms with Gasteiger partial charge in [0.2, 0.25) is 0 Å². The van der Waals surface area contributed by atoms with Gasteiger partial charge in [0.15, 0.2) is 18.0 Å². The highest BCUT2D eigenvalue weighted by Crippen LogP contribution is 2.39. The predicted molar refractivity (Wildman–Crippen MR) is 114 cm³/mol. The summed E-state index contributed by atoms with van der Waals surface area (Å²) in [6.45, 7) is 2.99. The normalized spacial score (nSPS) is 22.1. The first kappa shape index (κ1) is 18.4. The van der Waals surface area contributed by atoms with Gasteiger partial charge in [-0.05, 0) is 17.7 Å². The van der Waals surface area contributed by atoms with Gasteiger partial charge < -0.3 is 0 Å². The highest BCUT2D eigenvalue weighted by atomic mass is 16.1. The molecule has 3 aromatic rings. The standard InChI is InChI=1S/C26H26NO/c1-19-24(20-12-6-3-7-13-20)23(26(28)22-16-10-5-11-17-22)18-27(2)25(19)21-14-8-4-9-15-21/h3-17,19,23-24H,18H2,1-2H3/q+1/t19-,23-,24+/m0/s1. The van der Waals surface area contributed by atoms with Crippen LogP contribution in [0, 0.1) is 11.8 Å². The molecule has 28 heavy (non-hydrogen) atoms. The van der Waals surface area contributed by atoms with Gasteiger partial charge in [0.25, 0.3) is 0 Å². The van der Waals surface area contributed by atoms with Crippen LogP contribution in [0.1, 0.15) is 34.3 Å². The summed E-state index contributed by atoms with van der Waals surface area (Å²) in [6.07, 6.45) is 0. The SMILES string of the molecule is C[C@@H]1C(c2ccccc2)=[N+](C)C[C@H](C(=O)c2ccccc2)[C@H]1c1ccccc1. The van der Waals surface area contributed by atoms with E-state index in [9.17, 15) is 4.79 Å². The van der Waals surface area contributed by atoms with Gasteiger partial charge in [0.05, 0.1) is 5.92 Å². The van der Waals surface area contributed by atoms with Crippen LogP contribution in [0.5, 0.6) is 0 Å². The van der Waals surface area contributed by atoms with E-state index in [1.54, 1.807) is 0 Å². The fourth-order valence-corrected chi connectivity index (χ4v) is 4.72. The summed E-state index contributed by atoms with van der Waals surface area (Å²) in [4.78, 5) is 13.5. The quantitative estimate of drug-likeness (QED) is 0.466. The third kappa shape index (κ3) is 3.43. The van der Waals surface area contributed by atoms with Crippen molar-refractivity contribution in [2.45, 2.75) is 12.8 Å². The molecule has 0 saturated carbocycles. The van der Waals surface area contributed by atoms with E-state index in [0.717, 1.165) is 12.1 Å². The smallest absolute Gasteiger partial charge is 0.186 e. The van der Waals surface area contributed by atoms with Crippen LogP contribution in [-0.4, -0.2) is 29.7 Å². The Bertz CT molecular complexity index is 977. The molecule has 0 amide bonds. The van der Waals surface area contributed by atoms with Crippen molar-refractivity contribution >= 4 is 11.5 Å². The number of Topliss-reactive ketones (excluding diaryl/α,β-unsaturated/α-hetero) is 1. The van der Waals surface area contributed by atoms with E-state index in [1.807, 2.05) is 42.5 Å². The van der Waals surface area contributed by atoms with E-state index in [-0.39, 0.29) is 23.5 Å². The lowest BCUT2D eigenvalue weighted by molar-refractivity contribution is -0.510. The lowest BCUT2D eigenvalue weighted by Gasteiger charge is -2.34. The molecule has 0 aromatic heterocycles.